The van der Waals surface area contributed by atoms with E-state index in [-0.39, 0.29) is 17.9 Å². The molecule has 0 spiro atoms. The molecule has 3 heterocycles. The van der Waals surface area contributed by atoms with Crippen LogP contribution in [0.1, 0.15) is 60.8 Å². The number of aromatic amines is 1. The Kier molecular flexibility index (Phi) is 6.78. The number of hydrogen-bond donors (Lipinski definition) is 2. The Bertz CT molecular complexity index is 1300. The number of imide groups is 1. The molecule has 1 fully saturated rings. The molecule has 0 aliphatic carbocycles. The summed E-state index contributed by atoms with van der Waals surface area (Å²) < 4.78 is 5.55. The lowest BCUT2D eigenvalue weighted by molar-refractivity contribution is -0.120. The monoisotopic (exact) mass is 488 g/mol. The molecule has 2 N–H and O–H groups in total. The Labute approximate surface area is 210 Å². The molecular weight excluding hydrogens is 456 g/mol. The zero-order valence-electron chi connectivity index (χ0n) is 20.8. The van der Waals surface area contributed by atoms with E-state index in [9.17, 15) is 14.4 Å². The van der Waals surface area contributed by atoms with Gasteiger partial charge in [0.25, 0.3) is 11.8 Å². The van der Waals surface area contributed by atoms with Crippen molar-refractivity contribution < 1.29 is 19.1 Å². The molecule has 8 nitrogen and oxygen atoms in total. The van der Waals surface area contributed by atoms with Gasteiger partial charge in [-0.2, -0.15) is 0 Å². The number of rotatable bonds is 9. The normalized spacial score (nSPS) is 19.1. The summed E-state index contributed by atoms with van der Waals surface area (Å²) >= 11 is 0. The smallest absolute Gasteiger partial charge is 0.332 e. The van der Waals surface area contributed by atoms with Crippen LogP contribution in [0, 0.1) is 0 Å². The van der Waals surface area contributed by atoms with Crippen LogP contribution in [0.25, 0.3) is 10.9 Å². The van der Waals surface area contributed by atoms with Gasteiger partial charge in [-0.25, -0.2) is 9.69 Å². The van der Waals surface area contributed by atoms with E-state index in [0.717, 1.165) is 41.6 Å². The fourth-order valence-electron chi connectivity index (χ4n) is 5.26. The standard InChI is InChI=1S/C28H32N4O4/c1-3-4-15-36-16-9-14-29-26(33)20-11-6-8-13-23(20)32-27(34)24-17-21-19-10-5-7-12-22(19)30-25(21)18(2)31(24)28(32)35/h5-8,10-13,18,24,30H,3-4,9,14-17H2,1-2H3,(H,29,33)/t18-,24-/m0/s1. The quantitative estimate of drug-likeness (QED) is 0.341. The van der Waals surface area contributed by atoms with Gasteiger partial charge in [0.2, 0.25) is 0 Å². The van der Waals surface area contributed by atoms with E-state index >= 15 is 0 Å². The molecule has 0 unspecified atom stereocenters. The first kappa shape index (κ1) is 24.1. The summed E-state index contributed by atoms with van der Waals surface area (Å²) in [5.74, 6) is -0.610. The molecule has 1 saturated heterocycles. The van der Waals surface area contributed by atoms with Gasteiger partial charge in [0.05, 0.1) is 17.3 Å². The lowest BCUT2D eigenvalue weighted by atomic mass is 9.93. The van der Waals surface area contributed by atoms with Crippen molar-refractivity contribution in [3.63, 3.8) is 0 Å². The number of aromatic nitrogens is 1. The highest BCUT2D eigenvalue weighted by Crippen LogP contribution is 2.42. The minimum absolute atomic E-state index is 0.290. The van der Waals surface area contributed by atoms with E-state index in [4.69, 9.17) is 4.74 Å². The SMILES string of the molecule is CCCCOCCCNC(=O)c1ccccc1N1C(=O)[C@@H]2Cc3c([nH]c4ccccc34)[C@H](C)N2C1=O. The maximum absolute atomic E-state index is 13.6. The minimum atomic E-state index is -0.601. The molecule has 1 aromatic heterocycles. The summed E-state index contributed by atoms with van der Waals surface area (Å²) in [6.45, 7) is 5.81. The Morgan fingerprint density at radius 3 is 2.67 bits per heavy atom. The van der Waals surface area contributed by atoms with Gasteiger partial charge in [0.15, 0.2) is 0 Å². The second kappa shape index (κ2) is 10.1. The fraction of sp³-hybridized carbons (Fsp3) is 0.393. The molecule has 2 aliphatic rings. The summed E-state index contributed by atoms with van der Waals surface area (Å²) in [5, 5.41) is 3.98. The van der Waals surface area contributed by atoms with Gasteiger partial charge in [0.1, 0.15) is 6.04 Å². The third kappa shape index (κ3) is 4.15. The summed E-state index contributed by atoms with van der Waals surface area (Å²) in [5.41, 5.74) is 3.67. The highest BCUT2D eigenvalue weighted by atomic mass is 16.5. The van der Waals surface area contributed by atoms with Crippen LogP contribution in [0.5, 0.6) is 0 Å². The molecule has 2 atom stereocenters. The molecule has 36 heavy (non-hydrogen) atoms. The average molecular weight is 489 g/mol. The highest BCUT2D eigenvalue weighted by Gasteiger charge is 2.52. The molecule has 0 bridgehead atoms. The average Bonchev–Trinajstić information content (AvgIpc) is 3.39. The first-order valence-electron chi connectivity index (χ1n) is 12.7. The number of urea groups is 1. The second-order valence-corrected chi connectivity index (χ2v) is 9.41. The predicted molar refractivity (Wildman–Crippen MR) is 138 cm³/mol. The highest BCUT2D eigenvalue weighted by molar-refractivity contribution is 6.24. The van der Waals surface area contributed by atoms with Crippen LogP contribution >= 0.6 is 0 Å². The number of nitrogens with zero attached hydrogens (tertiary/aromatic N) is 2. The molecule has 4 amide bonds. The van der Waals surface area contributed by atoms with Crippen LogP contribution in [0.3, 0.4) is 0 Å². The third-order valence-electron chi connectivity index (χ3n) is 7.12. The number of fused-ring (bicyclic) bond motifs is 4. The number of benzene rings is 2. The van der Waals surface area contributed by atoms with E-state index in [1.807, 2.05) is 31.2 Å². The first-order chi connectivity index (χ1) is 17.5. The molecule has 188 valence electrons. The lowest BCUT2D eigenvalue weighted by Crippen LogP contribution is -2.42. The summed E-state index contributed by atoms with van der Waals surface area (Å²) in [7, 11) is 0. The van der Waals surface area contributed by atoms with Gasteiger partial charge >= 0.3 is 6.03 Å². The molecule has 0 radical (unpaired) electrons. The minimum Gasteiger partial charge on any atom is -0.381 e. The number of nitrogens with one attached hydrogen (secondary N) is 2. The number of carbonyl (C=O) groups excluding carboxylic acids is 3. The lowest BCUT2D eigenvalue weighted by Gasteiger charge is -2.33. The first-order valence-corrected chi connectivity index (χ1v) is 12.7. The van der Waals surface area contributed by atoms with Crippen LogP contribution in [-0.2, 0) is 16.0 Å². The van der Waals surface area contributed by atoms with Crippen molar-refractivity contribution in [2.45, 2.75) is 51.6 Å². The number of para-hydroxylation sites is 2. The third-order valence-corrected chi connectivity index (χ3v) is 7.12. The molecule has 5 rings (SSSR count). The van der Waals surface area contributed by atoms with Gasteiger partial charge in [-0.15, -0.1) is 0 Å². The number of unbranched alkanes of at least 4 members (excludes halogenated alkanes) is 1. The van der Waals surface area contributed by atoms with Crippen molar-refractivity contribution in [1.82, 2.24) is 15.2 Å². The summed E-state index contributed by atoms with van der Waals surface area (Å²) in [6, 6.07) is 13.5. The van der Waals surface area contributed by atoms with Crippen molar-refractivity contribution in [2.24, 2.45) is 0 Å². The van der Waals surface area contributed by atoms with Gasteiger partial charge in [-0.05, 0) is 43.5 Å². The van der Waals surface area contributed by atoms with Gasteiger partial charge < -0.3 is 19.9 Å². The number of hydrogen-bond acceptors (Lipinski definition) is 4. The Morgan fingerprint density at radius 2 is 1.83 bits per heavy atom. The number of H-pyrrole nitrogens is 1. The van der Waals surface area contributed by atoms with Gasteiger partial charge in [-0.3, -0.25) is 9.59 Å². The van der Waals surface area contributed by atoms with E-state index < -0.39 is 12.1 Å². The van der Waals surface area contributed by atoms with Crippen LogP contribution in [0.15, 0.2) is 48.5 Å². The number of anilines is 1. The summed E-state index contributed by atoms with van der Waals surface area (Å²) in [4.78, 5) is 46.5. The van der Waals surface area contributed by atoms with E-state index in [1.54, 1.807) is 29.2 Å². The molecule has 3 aromatic rings. The van der Waals surface area contributed by atoms with Crippen LogP contribution in [-0.4, -0.2) is 53.5 Å². The van der Waals surface area contributed by atoms with Gasteiger partial charge in [-0.1, -0.05) is 43.7 Å². The molecule has 8 heteroatoms. The topological polar surface area (TPSA) is 94.7 Å². The second-order valence-electron chi connectivity index (χ2n) is 9.41. The largest absolute Gasteiger partial charge is 0.381 e. The molecule has 2 aliphatic heterocycles. The Morgan fingerprint density at radius 1 is 1.08 bits per heavy atom. The van der Waals surface area contributed by atoms with Crippen LogP contribution in [0.4, 0.5) is 10.5 Å². The van der Waals surface area contributed by atoms with Crippen molar-refractivity contribution >= 4 is 34.4 Å². The van der Waals surface area contributed by atoms with Crippen molar-refractivity contribution in [1.29, 1.82) is 0 Å². The molecule has 0 saturated carbocycles. The van der Waals surface area contributed by atoms with Crippen molar-refractivity contribution in [3.8, 4) is 0 Å². The molecule has 2 aromatic carbocycles. The van der Waals surface area contributed by atoms with E-state index in [0.29, 0.717) is 37.2 Å². The number of carbonyl (C=O) groups is 3. The van der Waals surface area contributed by atoms with Gasteiger partial charge in [0, 0.05) is 42.8 Å². The Hall–Kier alpha value is -3.65. The van der Waals surface area contributed by atoms with Crippen molar-refractivity contribution in [2.75, 3.05) is 24.7 Å². The number of amides is 4. The fourth-order valence-corrected chi connectivity index (χ4v) is 5.26. The Balaban J connectivity index is 1.34. The number of ether oxygens (including phenoxy) is 1. The maximum atomic E-state index is 13.6. The van der Waals surface area contributed by atoms with Crippen LogP contribution in [0.2, 0.25) is 0 Å². The van der Waals surface area contributed by atoms with Crippen molar-refractivity contribution in [3.05, 3.63) is 65.4 Å². The molecular formula is C28H32N4O4. The predicted octanol–water partition coefficient (Wildman–Crippen LogP) is 4.56. The zero-order valence-corrected chi connectivity index (χ0v) is 20.8. The zero-order chi connectivity index (χ0) is 25.2. The summed E-state index contributed by atoms with van der Waals surface area (Å²) in [6.07, 6.45) is 3.24. The van der Waals surface area contributed by atoms with E-state index in [2.05, 4.69) is 17.2 Å². The van der Waals surface area contributed by atoms with E-state index in [1.165, 1.54) is 4.90 Å². The van der Waals surface area contributed by atoms with Crippen LogP contribution < -0.4 is 10.2 Å². The maximum Gasteiger partial charge on any atom is 0.332 e.